The summed E-state index contributed by atoms with van der Waals surface area (Å²) in [5, 5.41) is 0. The van der Waals surface area contributed by atoms with Gasteiger partial charge in [0.05, 0.1) is 21.6 Å². The first-order valence-corrected chi connectivity index (χ1v) is 8.92. The van der Waals surface area contributed by atoms with Gasteiger partial charge in [0.1, 0.15) is 11.6 Å². The molecular weight excluding hydrogens is 329 g/mol. The summed E-state index contributed by atoms with van der Waals surface area (Å²) in [4.78, 5) is 7.73. The minimum Gasteiger partial charge on any atom is -0.341 e. The lowest BCUT2D eigenvalue weighted by molar-refractivity contribution is 0.554. The standard InChI is InChI=1S/C17H18FN3O2S/c1-17(2,3)16-19-14-9-6-12(10-15(14)20-16)21-24(22,23)13-7-4-11(18)5-8-13/h4-10,21H,1-3H3,(H,19,20). The number of imidazole rings is 1. The first-order valence-electron chi connectivity index (χ1n) is 7.44. The van der Waals surface area contributed by atoms with Crippen molar-refractivity contribution < 1.29 is 12.8 Å². The van der Waals surface area contributed by atoms with Gasteiger partial charge in [-0.15, -0.1) is 0 Å². The van der Waals surface area contributed by atoms with Crippen LogP contribution in [-0.2, 0) is 15.4 Å². The van der Waals surface area contributed by atoms with E-state index in [9.17, 15) is 12.8 Å². The van der Waals surface area contributed by atoms with Crippen LogP contribution in [-0.4, -0.2) is 18.4 Å². The summed E-state index contributed by atoms with van der Waals surface area (Å²) in [5.41, 5.74) is 1.80. The molecule has 1 heterocycles. The minimum atomic E-state index is -3.77. The predicted octanol–water partition coefficient (Wildman–Crippen LogP) is 3.80. The van der Waals surface area contributed by atoms with Crippen molar-refractivity contribution in [3.8, 4) is 0 Å². The maximum atomic E-state index is 12.9. The number of halogens is 1. The Labute approximate surface area is 140 Å². The van der Waals surface area contributed by atoms with Crippen LogP contribution in [0.5, 0.6) is 0 Å². The number of nitrogens with one attached hydrogen (secondary N) is 2. The third-order valence-electron chi connectivity index (χ3n) is 3.57. The second-order valence-corrected chi connectivity index (χ2v) is 8.31. The summed E-state index contributed by atoms with van der Waals surface area (Å²) < 4.78 is 40.2. The second-order valence-electron chi connectivity index (χ2n) is 6.63. The Morgan fingerprint density at radius 2 is 1.75 bits per heavy atom. The van der Waals surface area contributed by atoms with E-state index in [4.69, 9.17) is 0 Å². The summed E-state index contributed by atoms with van der Waals surface area (Å²) in [6.07, 6.45) is 0. The highest BCUT2D eigenvalue weighted by Gasteiger charge is 2.19. The summed E-state index contributed by atoms with van der Waals surface area (Å²) in [5.74, 6) is 0.346. The van der Waals surface area contributed by atoms with Crippen LogP contribution >= 0.6 is 0 Å². The van der Waals surface area contributed by atoms with Crippen LogP contribution < -0.4 is 4.72 Å². The van der Waals surface area contributed by atoms with E-state index >= 15 is 0 Å². The fourth-order valence-electron chi connectivity index (χ4n) is 2.26. The fourth-order valence-corrected chi connectivity index (χ4v) is 3.31. The molecule has 0 aliphatic carbocycles. The van der Waals surface area contributed by atoms with Gasteiger partial charge in [-0.05, 0) is 42.5 Å². The van der Waals surface area contributed by atoms with E-state index in [1.54, 1.807) is 18.2 Å². The van der Waals surface area contributed by atoms with E-state index in [0.717, 1.165) is 29.0 Å². The molecule has 0 aliphatic heterocycles. The number of hydrogen-bond acceptors (Lipinski definition) is 3. The third kappa shape index (κ3) is 3.26. The van der Waals surface area contributed by atoms with Crippen molar-refractivity contribution in [1.82, 2.24) is 9.97 Å². The number of aromatic nitrogens is 2. The zero-order chi connectivity index (χ0) is 17.5. The zero-order valence-electron chi connectivity index (χ0n) is 13.6. The minimum absolute atomic E-state index is 0.00369. The average molecular weight is 347 g/mol. The fraction of sp³-hybridized carbons (Fsp3) is 0.235. The molecule has 0 unspecified atom stereocenters. The molecule has 0 saturated heterocycles. The van der Waals surface area contributed by atoms with Crippen molar-refractivity contribution in [2.75, 3.05) is 4.72 Å². The second kappa shape index (κ2) is 5.59. The maximum Gasteiger partial charge on any atom is 0.261 e. The highest BCUT2D eigenvalue weighted by molar-refractivity contribution is 7.92. The Balaban J connectivity index is 1.93. The zero-order valence-corrected chi connectivity index (χ0v) is 14.4. The van der Waals surface area contributed by atoms with Gasteiger partial charge in [0, 0.05) is 5.41 Å². The quantitative estimate of drug-likeness (QED) is 0.757. The van der Waals surface area contributed by atoms with Gasteiger partial charge in [-0.2, -0.15) is 0 Å². The molecule has 24 heavy (non-hydrogen) atoms. The number of H-pyrrole nitrogens is 1. The van der Waals surface area contributed by atoms with Crippen molar-refractivity contribution in [3.05, 3.63) is 54.1 Å². The lowest BCUT2D eigenvalue weighted by atomic mass is 9.96. The van der Waals surface area contributed by atoms with Gasteiger partial charge in [-0.25, -0.2) is 17.8 Å². The number of benzene rings is 2. The van der Waals surface area contributed by atoms with Gasteiger partial charge in [0.25, 0.3) is 10.0 Å². The molecular formula is C17H18FN3O2S. The van der Waals surface area contributed by atoms with Crippen LogP contribution in [0.3, 0.4) is 0 Å². The summed E-state index contributed by atoms with van der Waals surface area (Å²) in [6, 6.07) is 9.78. The summed E-state index contributed by atoms with van der Waals surface area (Å²) in [6.45, 7) is 6.13. The molecule has 2 aromatic carbocycles. The number of rotatable bonds is 3. The molecule has 126 valence electrons. The van der Waals surface area contributed by atoms with Crippen LogP contribution in [0.1, 0.15) is 26.6 Å². The van der Waals surface area contributed by atoms with Crippen LogP contribution in [0.25, 0.3) is 11.0 Å². The first kappa shape index (κ1) is 16.4. The summed E-state index contributed by atoms with van der Waals surface area (Å²) in [7, 11) is -3.77. The molecule has 0 radical (unpaired) electrons. The average Bonchev–Trinajstić information content (AvgIpc) is 2.90. The molecule has 1 aromatic heterocycles. The van der Waals surface area contributed by atoms with Gasteiger partial charge < -0.3 is 4.98 Å². The number of sulfonamides is 1. The van der Waals surface area contributed by atoms with Gasteiger partial charge in [-0.3, -0.25) is 4.72 Å². The molecule has 2 N–H and O–H groups in total. The Kier molecular flexibility index (Phi) is 3.83. The topological polar surface area (TPSA) is 74.8 Å². The highest BCUT2D eigenvalue weighted by atomic mass is 32.2. The Bertz CT molecular complexity index is 987. The molecule has 0 saturated carbocycles. The van der Waals surface area contributed by atoms with Crippen molar-refractivity contribution in [2.45, 2.75) is 31.1 Å². The monoisotopic (exact) mass is 347 g/mol. The van der Waals surface area contributed by atoms with Crippen molar-refractivity contribution >= 4 is 26.7 Å². The van der Waals surface area contributed by atoms with Crippen molar-refractivity contribution in [3.63, 3.8) is 0 Å². The smallest absolute Gasteiger partial charge is 0.261 e. The number of hydrogen-bond donors (Lipinski definition) is 2. The van der Waals surface area contributed by atoms with Crippen molar-refractivity contribution in [1.29, 1.82) is 0 Å². The highest BCUT2D eigenvalue weighted by Crippen LogP contribution is 2.25. The van der Waals surface area contributed by atoms with Crippen LogP contribution in [0.15, 0.2) is 47.4 Å². The molecule has 0 amide bonds. The van der Waals surface area contributed by atoms with E-state index in [0.29, 0.717) is 5.69 Å². The molecule has 5 nitrogen and oxygen atoms in total. The Morgan fingerprint density at radius 1 is 1.08 bits per heavy atom. The van der Waals surface area contributed by atoms with E-state index in [2.05, 4.69) is 14.7 Å². The molecule has 0 aliphatic rings. The molecule has 3 rings (SSSR count). The van der Waals surface area contributed by atoms with Gasteiger partial charge in [0.15, 0.2) is 0 Å². The van der Waals surface area contributed by atoms with Gasteiger partial charge in [0.2, 0.25) is 0 Å². The van der Waals surface area contributed by atoms with Crippen molar-refractivity contribution in [2.24, 2.45) is 0 Å². The van der Waals surface area contributed by atoms with Gasteiger partial charge in [-0.1, -0.05) is 20.8 Å². The van der Waals surface area contributed by atoms with E-state index in [1.165, 1.54) is 12.1 Å². The van der Waals surface area contributed by atoms with E-state index < -0.39 is 15.8 Å². The van der Waals surface area contributed by atoms with Crippen LogP contribution in [0.4, 0.5) is 10.1 Å². The number of nitrogens with zero attached hydrogens (tertiary/aromatic N) is 1. The Morgan fingerprint density at radius 3 is 2.38 bits per heavy atom. The molecule has 0 atom stereocenters. The lowest BCUT2D eigenvalue weighted by Crippen LogP contribution is -2.13. The molecule has 0 bridgehead atoms. The largest absolute Gasteiger partial charge is 0.341 e. The summed E-state index contributed by atoms with van der Waals surface area (Å²) >= 11 is 0. The van der Waals surface area contributed by atoms with Crippen LogP contribution in [0, 0.1) is 5.82 Å². The maximum absolute atomic E-state index is 12.9. The van der Waals surface area contributed by atoms with Crippen LogP contribution in [0.2, 0.25) is 0 Å². The van der Waals surface area contributed by atoms with Gasteiger partial charge >= 0.3 is 0 Å². The molecule has 3 aromatic rings. The number of aromatic amines is 1. The van der Waals surface area contributed by atoms with E-state index in [-0.39, 0.29) is 10.3 Å². The number of anilines is 1. The SMILES string of the molecule is CC(C)(C)c1nc2ccc(NS(=O)(=O)c3ccc(F)cc3)cc2[nH]1. The van der Waals surface area contributed by atoms with E-state index in [1.807, 2.05) is 20.8 Å². The number of fused-ring (bicyclic) bond motifs is 1. The molecule has 0 spiro atoms. The molecule has 0 fully saturated rings. The third-order valence-corrected chi connectivity index (χ3v) is 4.97. The first-order chi connectivity index (χ1) is 11.1. The molecule has 7 heteroatoms. The lowest BCUT2D eigenvalue weighted by Gasteiger charge is -2.13. The predicted molar refractivity (Wildman–Crippen MR) is 92.0 cm³/mol. The normalized spacial score (nSPS) is 12.5. The Hall–Kier alpha value is -2.41.